The van der Waals surface area contributed by atoms with E-state index in [4.69, 9.17) is 11.5 Å². The van der Waals surface area contributed by atoms with E-state index in [1.165, 1.54) is 61.3 Å². The first-order chi connectivity index (χ1) is 19.0. The van der Waals surface area contributed by atoms with Crippen molar-refractivity contribution in [3.63, 3.8) is 0 Å². The van der Waals surface area contributed by atoms with Crippen LogP contribution in [0.5, 0.6) is 0 Å². The van der Waals surface area contributed by atoms with Crippen LogP contribution in [0.15, 0.2) is 71.2 Å². The molecule has 2 aromatic carbocycles. The molecule has 4 aromatic rings. The van der Waals surface area contributed by atoms with Gasteiger partial charge in [-0.1, -0.05) is 49.9 Å². The molecule has 4 N–H and O–H groups in total. The number of carbonyl (C=O) groups is 2. The minimum atomic E-state index is -3.62. The molecule has 0 saturated heterocycles. The third-order valence-corrected chi connectivity index (χ3v) is 7.51. The van der Waals surface area contributed by atoms with Crippen LogP contribution in [-0.2, 0) is 9.84 Å². The fourth-order valence-corrected chi connectivity index (χ4v) is 4.42. The number of hydrogen-bond donors (Lipinski definition) is 2. The van der Waals surface area contributed by atoms with Gasteiger partial charge in [-0.15, -0.1) is 0 Å². The number of sulfone groups is 1. The Kier molecular flexibility index (Phi) is 9.96. The number of benzene rings is 2. The maximum atomic E-state index is 13.6. The quantitative estimate of drug-likeness (QED) is 0.175. The van der Waals surface area contributed by atoms with E-state index in [2.05, 4.69) is 19.9 Å². The lowest BCUT2D eigenvalue weighted by Crippen LogP contribution is -2.14. The van der Waals surface area contributed by atoms with Crippen molar-refractivity contribution in [2.45, 2.75) is 24.2 Å². The highest BCUT2D eigenvalue weighted by molar-refractivity contribution is 7.99. The summed E-state index contributed by atoms with van der Waals surface area (Å²) in [5.74, 6) is -2.11. The molecule has 0 atom stereocenters. The van der Waals surface area contributed by atoms with Gasteiger partial charge in [0, 0.05) is 12.4 Å². The summed E-state index contributed by atoms with van der Waals surface area (Å²) < 4.78 is 50.4. The van der Waals surface area contributed by atoms with Crippen molar-refractivity contribution in [3.05, 3.63) is 94.8 Å². The van der Waals surface area contributed by atoms with Gasteiger partial charge in [-0.25, -0.2) is 37.1 Å². The van der Waals surface area contributed by atoms with Gasteiger partial charge in [0.1, 0.15) is 23.3 Å². The summed E-state index contributed by atoms with van der Waals surface area (Å²) in [5, 5.41) is 0.0534. The molecule has 0 amide bonds. The Morgan fingerprint density at radius 2 is 1.25 bits per heavy atom. The van der Waals surface area contributed by atoms with E-state index in [9.17, 15) is 26.8 Å². The molecular formula is C26H24F2N6O4S2. The van der Waals surface area contributed by atoms with Crippen LogP contribution in [-0.4, -0.2) is 51.4 Å². The second kappa shape index (κ2) is 13.2. The molecule has 208 valence electrons. The van der Waals surface area contributed by atoms with Crippen LogP contribution in [0.2, 0.25) is 0 Å². The number of carbonyl (C=O) groups excluding carboxylic acids is 2. The smallest absolute Gasteiger partial charge is 0.249 e. The van der Waals surface area contributed by atoms with Crippen molar-refractivity contribution in [2.75, 3.05) is 23.0 Å². The Bertz CT molecular complexity index is 1670. The van der Waals surface area contributed by atoms with Crippen LogP contribution in [0, 0.1) is 11.6 Å². The first-order valence-corrected chi connectivity index (χ1v) is 14.3. The summed E-state index contributed by atoms with van der Waals surface area (Å²) in [6.07, 6.45) is 2.34. The number of nitrogens with zero attached hydrogens (tertiary/aromatic N) is 4. The van der Waals surface area contributed by atoms with Gasteiger partial charge in [0.25, 0.3) is 0 Å². The van der Waals surface area contributed by atoms with Gasteiger partial charge in [-0.05, 0) is 30.0 Å². The molecule has 0 aliphatic heterocycles. The highest BCUT2D eigenvalue weighted by Gasteiger charge is 2.22. The van der Waals surface area contributed by atoms with Crippen LogP contribution in [0.25, 0.3) is 0 Å². The number of hydrogen-bond acceptors (Lipinski definition) is 11. The van der Waals surface area contributed by atoms with Crippen molar-refractivity contribution >= 4 is 44.8 Å². The lowest BCUT2D eigenvalue weighted by molar-refractivity contribution is 0.102. The Morgan fingerprint density at radius 1 is 0.775 bits per heavy atom. The second-order valence-corrected chi connectivity index (χ2v) is 11.3. The molecule has 0 spiro atoms. The average molecular weight is 587 g/mol. The molecule has 14 heteroatoms. The van der Waals surface area contributed by atoms with Crippen molar-refractivity contribution in [2.24, 2.45) is 0 Å². The van der Waals surface area contributed by atoms with E-state index in [0.29, 0.717) is 5.16 Å². The molecule has 40 heavy (non-hydrogen) atoms. The fraction of sp³-hybridized carbons (Fsp3) is 0.154. The zero-order valence-corrected chi connectivity index (χ0v) is 23.0. The van der Waals surface area contributed by atoms with Gasteiger partial charge in [0.05, 0.1) is 28.0 Å². The summed E-state index contributed by atoms with van der Waals surface area (Å²) in [7, 11) is -3.62. The van der Waals surface area contributed by atoms with E-state index in [1.54, 1.807) is 6.07 Å². The number of anilines is 2. The zero-order chi connectivity index (χ0) is 29.4. The first kappa shape index (κ1) is 30.2. The molecule has 0 aliphatic rings. The van der Waals surface area contributed by atoms with E-state index < -0.39 is 38.2 Å². The molecule has 0 aliphatic carbocycles. The van der Waals surface area contributed by atoms with Crippen LogP contribution >= 0.6 is 11.8 Å². The van der Waals surface area contributed by atoms with Crippen LogP contribution in [0.3, 0.4) is 0 Å². The molecule has 0 unspecified atom stereocenters. The first-order valence-electron chi connectivity index (χ1n) is 11.7. The summed E-state index contributed by atoms with van der Waals surface area (Å²) in [6.45, 7) is 3.40. The van der Waals surface area contributed by atoms with Gasteiger partial charge in [-0.2, -0.15) is 0 Å². The van der Waals surface area contributed by atoms with E-state index in [1.807, 2.05) is 6.92 Å². The van der Waals surface area contributed by atoms with Gasteiger partial charge >= 0.3 is 0 Å². The molecule has 2 heterocycles. The van der Waals surface area contributed by atoms with E-state index in [0.717, 1.165) is 18.0 Å². The van der Waals surface area contributed by atoms with Gasteiger partial charge in [0.2, 0.25) is 26.6 Å². The minimum absolute atomic E-state index is 0.0336. The molecule has 0 radical (unpaired) electrons. The number of nitrogens with two attached hydrogens (primary N) is 2. The topological polar surface area (TPSA) is 172 Å². The molecular weight excluding hydrogens is 562 g/mol. The molecule has 0 saturated carbocycles. The predicted octanol–water partition coefficient (Wildman–Crippen LogP) is 3.76. The minimum Gasteiger partial charge on any atom is -0.383 e. The van der Waals surface area contributed by atoms with Gasteiger partial charge < -0.3 is 11.5 Å². The molecule has 10 nitrogen and oxygen atoms in total. The second-order valence-electron chi connectivity index (χ2n) is 7.86. The lowest BCUT2D eigenvalue weighted by Gasteiger charge is -2.06. The van der Waals surface area contributed by atoms with Gasteiger partial charge in [-0.3, -0.25) is 9.59 Å². The van der Waals surface area contributed by atoms with Crippen molar-refractivity contribution < 1.29 is 26.8 Å². The maximum absolute atomic E-state index is 13.6. The summed E-state index contributed by atoms with van der Waals surface area (Å²) in [6, 6.07) is 11.1. The summed E-state index contributed by atoms with van der Waals surface area (Å²) >= 11 is 1.42. The van der Waals surface area contributed by atoms with Crippen molar-refractivity contribution in [3.8, 4) is 0 Å². The van der Waals surface area contributed by atoms with Crippen LogP contribution < -0.4 is 11.5 Å². The Labute approximate surface area is 233 Å². The molecule has 0 fully saturated rings. The van der Waals surface area contributed by atoms with E-state index >= 15 is 0 Å². The van der Waals surface area contributed by atoms with Crippen LogP contribution in [0.4, 0.5) is 20.4 Å². The maximum Gasteiger partial charge on any atom is 0.249 e. The highest BCUT2D eigenvalue weighted by atomic mass is 32.2. The lowest BCUT2D eigenvalue weighted by atomic mass is 10.1. The predicted molar refractivity (Wildman–Crippen MR) is 147 cm³/mol. The van der Waals surface area contributed by atoms with Gasteiger partial charge in [0.15, 0.2) is 5.16 Å². The zero-order valence-electron chi connectivity index (χ0n) is 21.3. The Hall–Kier alpha value is -4.30. The number of nitrogen functional groups attached to an aromatic ring is 2. The standard InChI is InChI=1S/C13H12FN3O3S.C13H12FN3OS/c1-2-21(19,20)13-16-7-9(12(15)17-13)11(18)8-5-3-4-6-10(8)14;1-2-19-13-16-7-9(12(15)17-13)11(18)8-5-3-4-6-10(8)14/h3-7H,2H2,1H3,(H2,15,16,17);3-7H,2H2,1H3,(H2,15,16,17). The third kappa shape index (κ3) is 7.01. The number of aromatic nitrogens is 4. The number of halogens is 2. The third-order valence-electron chi connectivity index (χ3n) is 5.25. The monoisotopic (exact) mass is 586 g/mol. The fourth-order valence-electron chi connectivity index (χ4n) is 3.16. The van der Waals surface area contributed by atoms with Crippen molar-refractivity contribution in [1.29, 1.82) is 0 Å². The number of thioether (sulfide) groups is 1. The highest BCUT2D eigenvalue weighted by Crippen LogP contribution is 2.20. The number of ketones is 2. The Balaban J connectivity index is 0.000000222. The molecule has 4 rings (SSSR count). The SMILES string of the molecule is CCS(=O)(=O)c1ncc(C(=O)c2ccccc2F)c(N)n1.CCSc1ncc(C(=O)c2ccccc2F)c(N)n1. The summed E-state index contributed by atoms with van der Waals surface area (Å²) in [5.41, 5.74) is 11.1. The van der Waals surface area contributed by atoms with Crippen molar-refractivity contribution in [1.82, 2.24) is 19.9 Å². The average Bonchev–Trinajstić information content (AvgIpc) is 2.93. The van der Waals surface area contributed by atoms with Crippen LogP contribution in [0.1, 0.15) is 45.7 Å². The molecule has 0 bridgehead atoms. The largest absolute Gasteiger partial charge is 0.383 e. The summed E-state index contributed by atoms with van der Waals surface area (Å²) in [4.78, 5) is 39.6. The van der Waals surface area contributed by atoms with E-state index in [-0.39, 0.29) is 39.6 Å². The molecule has 2 aromatic heterocycles. The number of rotatable bonds is 8. The Morgan fingerprint density at radius 3 is 1.68 bits per heavy atom. The normalized spacial score (nSPS) is 10.9.